The fourth-order valence-corrected chi connectivity index (χ4v) is 3.02. The number of methoxy groups -OCH3 is 2. The van der Waals surface area contributed by atoms with Crippen LogP contribution in [0.5, 0.6) is 17.2 Å². The van der Waals surface area contributed by atoms with Gasteiger partial charge in [0.25, 0.3) is 0 Å². The van der Waals surface area contributed by atoms with Gasteiger partial charge < -0.3 is 29.3 Å². The summed E-state index contributed by atoms with van der Waals surface area (Å²) in [6, 6.07) is 7.03. The van der Waals surface area contributed by atoms with Crippen molar-refractivity contribution < 1.29 is 38.0 Å². The Labute approximate surface area is 179 Å². The van der Waals surface area contributed by atoms with Crippen LogP contribution in [0.25, 0.3) is 0 Å². The first-order valence-electron chi connectivity index (χ1n) is 9.80. The van der Waals surface area contributed by atoms with Crippen LogP contribution < -0.4 is 14.2 Å². The highest BCUT2D eigenvalue weighted by molar-refractivity contribution is 5.65. The molecule has 0 aliphatic heterocycles. The first-order chi connectivity index (χ1) is 14.9. The summed E-state index contributed by atoms with van der Waals surface area (Å²) in [5.41, 5.74) is 0.897. The number of carboxylic acid groups (broad SMARTS) is 1. The third-order valence-electron chi connectivity index (χ3n) is 4.73. The maximum absolute atomic E-state index is 13.4. The number of nitrogens with zero attached hydrogens (tertiary/aromatic N) is 1. The first kappa shape index (κ1) is 24.2. The van der Waals surface area contributed by atoms with Gasteiger partial charge in [0.1, 0.15) is 17.2 Å². The van der Waals surface area contributed by atoms with Gasteiger partial charge in [-0.25, -0.2) is 13.6 Å². The van der Waals surface area contributed by atoms with Crippen LogP contribution in [0, 0.1) is 11.6 Å². The van der Waals surface area contributed by atoms with E-state index in [1.165, 1.54) is 12.0 Å². The smallest absolute Gasteiger partial charge is 0.407 e. The van der Waals surface area contributed by atoms with Crippen molar-refractivity contribution in [2.45, 2.75) is 32.4 Å². The third-order valence-corrected chi connectivity index (χ3v) is 4.73. The van der Waals surface area contributed by atoms with Crippen LogP contribution in [0.1, 0.15) is 30.4 Å². The van der Waals surface area contributed by atoms with Gasteiger partial charge in [-0.1, -0.05) is 0 Å². The zero-order valence-electron chi connectivity index (χ0n) is 17.6. The second-order valence-electron chi connectivity index (χ2n) is 6.82. The zero-order valence-corrected chi connectivity index (χ0v) is 17.6. The molecule has 0 bridgehead atoms. The molecule has 1 amide bonds. The summed E-state index contributed by atoms with van der Waals surface area (Å²) in [7, 11) is 3.05. The molecule has 0 fully saturated rings. The molecule has 0 atom stereocenters. The quantitative estimate of drug-likeness (QED) is 0.482. The molecule has 0 aromatic heterocycles. The summed E-state index contributed by atoms with van der Waals surface area (Å²) in [6.45, 7) is 0.262. The van der Waals surface area contributed by atoms with E-state index >= 15 is 0 Å². The van der Waals surface area contributed by atoms with Crippen LogP contribution in [0.15, 0.2) is 30.3 Å². The minimum atomic E-state index is -1.04. The molecule has 7 nitrogen and oxygen atoms in total. The number of aliphatic hydroxyl groups excluding tert-OH is 1. The van der Waals surface area contributed by atoms with Crippen LogP contribution in [-0.4, -0.2) is 48.6 Å². The highest BCUT2D eigenvalue weighted by atomic mass is 19.2. The van der Waals surface area contributed by atoms with Gasteiger partial charge in [-0.15, -0.1) is 0 Å². The average molecular weight is 439 g/mol. The maximum atomic E-state index is 13.4. The SMILES string of the molecule is COc1ccc(CN(CCCCCOc2cc(F)c(F)cc2CO)C(=O)O)c(OC)c1. The van der Waals surface area contributed by atoms with E-state index in [1.807, 2.05) is 0 Å². The number of unbranched alkanes of at least 4 members (excludes halogenated alkanes) is 2. The molecule has 2 N–H and O–H groups in total. The van der Waals surface area contributed by atoms with Crippen molar-refractivity contribution in [3.05, 3.63) is 53.1 Å². The van der Waals surface area contributed by atoms with Crippen molar-refractivity contribution in [1.29, 1.82) is 0 Å². The fraction of sp³-hybridized carbons (Fsp3) is 0.409. The molecule has 9 heteroatoms. The lowest BCUT2D eigenvalue weighted by Crippen LogP contribution is -2.30. The number of aliphatic hydroxyl groups is 1. The Bertz CT molecular complexity index is 877. The van der Waals surface area contributed by atoms with E-state index in [9.17, 15) is 23.8 Å². The zero-order chi connectivity index (χ0) is 22.8. The van der Waals surface area contributed by atoms with Gasteiger partial charge in [-0.2, -0.15) is 0 Å². The molecule has 0 saturated carbocycles. The monoisotopic (exact) mass is 439 g/mol. The summed E-state index contributed by atoms with van der Waals surface area (Å²) in [6.07, 6.45) is 0.812. The molecule has 0 heterocycles. The molecular weight excluding hydrogens is 412 g/mol. The molecule has 170 valence electrons. The van der Waals surface area contributed by atoms with Crippen molar-refractivity contribution in [1.82, 2.24) is 4.90 Å². The second kappa shape index (κ2) is 11.9. The number of amides is 1. The van der Waals surface area contributed by atoms with E-state index in [-0.39, 0.29) is 24.5 Å². The molecule has 0 aliphatic carbocycles. The first-order valence-corrected chi connectivity index (χ1v) is 9.80. The van der Waals surface area contributed by atoms with Crippen molar-refractivity contribution >= 4 is 6.09 Å². The number of rotatable bonds is 12. The minimum Gasteiger partial charge on any atom is -0.497 e. The fourth-order valence-electron chi connectivity index (χ4n) is 3.02. The van der Waals surface area contributed by atoms with Crippen molar-refractivity contribution in [2.24, 2.45) is 0 Å². The summed E-state index contributed by atoms with van der Waals surface area (Å²) in [4.78, 5) is 12.9. The largest absolute Gasteiger partial charge is 0.497 e. The predicted octanol–water partition coefficient (Wildman–Crippen LogP) is 4.20. The molecule has 0 spiro atoms. The van der Waals surface area contributed by atoms with Gasteiger partial charge in [-0.3, -0.25) is 0 Å². The van der Waals surface area contributed by atoms with Gasteiger partial charge in [0.05, 0.1) is 34.0 Å². The lowest BCUT2D eigenvalue weighted by atomic mass is 10.1. The van der Waals surface area contributed by atoms with Crippen LogP contribution in [0.2, 0.25) is 0 Å². The summed E-state index contributed by atoms with van der Waals surface area (Å²) in [5, 5.41) is 18.7. The van der Waals surface area contributed by atoms with Crippen molar-refractivity contribution in [3.8, 4) is 17.2 Å². The molecule has 0 radical (unpaired) electrons. The summed E-state index contributed by atoms with van der Waals surface area (Å²) < 4.78 is 42.5. The van der Waals surface area contributed by atoms with Gasteiger partial charge in [0.15, 0.2) is 11.6 Å². The van der Waals surface area contributed by atoms with Crippen LogP contribution in [0.3, 0.4) is 0 Å². The molecule has 2 aromatic rings. The lowest BCUT2D eigenvalue weighted by Gasteiger charge is -2.21. The van der Waals surface area contributed by atoms with Gasteiger partial charge >= 0.3 is 6.09 Å². The Morgan fingerprint density at radius 1 is 0.968 bits per heavy atom. The van der Waals surface area contributed by atoms with Gasteiger partial charge in [-0.05, 0) is 37.5 Å². The lowest BCUT2D eigenvalue weighted by molar-refractivity contribution is 0.140. The third kappa shape index (κ3) is 6.99. The molecule has 0 unspecified atom stereocenters. The summed E-state index contributed by atoms with van der Waals surface area (Å²) in [5.74, 6) is -0.824. The molecule has 0 aliphatic rings. The Kier molecular flexibility index (Phi) is 9.33. The number of ether oxygens (including phenoxy) is 3. The maximum Gasteiger partial charge on any atom is 0.407 e. The van der Waals surface area contributed by atoms with E-state index in [1.54, 1.807) is 25.3 Å². The number of hydrogen-bond acceptors (Lipinski definition) is 5. The Morgan fingerprint density at radius 3 is 2.35 bits per heavy atom. The Morgan fingerprint density at radius 2 is 1.71 bits per heavy atom. The molecule has 31 heavy (non-hydrogen) atoms. The average Bonchev–Trinajstić information content (AvgIpc) is 2.77. The van der Waals surface area contributed by atoms with Crippen molar-refractivity contribution in [2.75, 3.05) is 27.4 Å². The number of carbonyl (C=O) groups is 1. The van der Waals surface area contributed by atoms with E-state index < -0.39 is 24.3 Å². The number of halogens is 2. The van der Waals surface area contributed by atoms with E-state index in [0.717, 1.165) is 17.7 Å². The molecule has 2 rings (SSSR count). The van der Waals surface area contributed by atoms with E-state index in [2.05, 4.69) is 0 Å². The standard InChI is InChI=1S/C22H27F2NO6/c1-29-17-7-6-15(20(11-17)30-2)13-25(22(27)28)8-4-3-5-9-31-21-12-19(24)18(23)10-16(21)14-26/h6-7,10-12,26H,3-5,8-9,13-14H2,1-2H3,(H,27,28). The Balaban J connectivity index is 1.82. The molecule has 2 aromatic carbocycles. The normalized spacial score (nSPS) is 10.6. The minimum absolute atomic E-state index is 0.0974. The van der Waals surface area contributed by atoms with Crippen LogP contribution >= 0.6 is 0 Å². The number of benzene rings is 2. The van der Waals surface area contributed by atoms with Crippen molar-refractivity contribution in [3.63, 3.8) is 0 Å². The Hall–Kier alpha value is -3.07. The topological polar surface area (TPSA) is 88.5 Å². The molecule has 0 saturated heterocycles. The second-order valence-corrected chi connectivity index (χ2v) is 6.82. The molecular formula is C22H27F2NO6. The van der Waals surface area contributed by atoms with Crippen LogP contribution in [0.4, 0.5) is 13.6 Å². The number of hydrogen-bond donors (Lipinski definition) is 2. The highest BCUT2D eigenvalue weighted by Gasteiger charge is 2.15. The van der Waals surface area contributed by atoms with E-state index in [4.69, 9.17) is 14.2 Å². The highest BCUT2D eigenvalue weighted by Crippen LogP contribution is 2.26. The van der Waals surface area contributed by atoms with Gasteiger partial charge in [0.2, 0.25) is 0 Å². The predicted molar refractivity (Wildman–Crippen MR) is 110 cm³/mol. The van der Waals surface area contributed by atoms with Gasteiger partial charge in [0, 0.05) is 29.8 Å². The van der Waals surface area contributed by atoms with E-state index in [0.29, 0.717) is 37.3 Å². The van der Waals surface area contributed by atoms with Crippen LogP contribution in [-0.2, 0) is 13.2 Å². The summed E-state index contributed by atoms with van der Waals surface area (Å²) >= 11 is 0.